The van der Waals surface area contributed by atoms with Gasteiger partial charge in [0.25, 0.3) is 0 Å². The zero-order chi connectivity index (χ0) is 19.1. The second-order valence-corrected chi connectivity index (χ2v) is 8.41. The summed E-state index contributed by atoms with van der Waals surface area (Å²) in [5, 5.41) is 0. The Labute approximate surface area is 160 Å². The van der Waals surface area contributed by atoms with Gasteiger partial charge in [-0.05, 0) is 17.5 Å². The monoisotopic (exact) mass is 388 g/mol. The van der Waals surface area contributed by atoms with Crippen molar-refractivity contribution in [3.63, 3.8) is 0 Å². The molecular formula is C20H24N2O4S. The Bertz CT molecular complexity index is 841. The summed E-state index contributed by atoms with van der Waals surface area (Å²) in [4.78, 5) is 14.1. The predicted octanol–water partition coefficient (Wildman–Crippen LogP) is 1.75. The molecular weight excluding hydrogens is 364 g/mol. The zero-order valence-corrected chi connectivity index (χ0v) is 15.9. The number of sulfonamides is 1. The van der Waals surface area contributed by atoms with Gasteiger partial charge in [0.1, 0.15) is 6.10 Å². The molecule has 1 atom stereocenters. The second-order valence-electron chi connectivity index (χ2n) is 6.49. The van der Waals surface area contributed by atoms with Gasteiger partial charge in [0.05, 0.1) is 25.4 Å². The Kier molecular flexibility index (Phi) is 6.60. The molecule has 1 aliphatic rings. The van der Waals surface area contributed by atoms with Gasteiger partial charge in [-0.2, -0.15) is 0 Å². The van der Waals surface area contributed by atoms with Crippen LogP contribution in [-0.4, -0.2) is 51.2 Å². The lowest BCUT2D eigenvalue weighted by molar-refractivity contribution is -0.137. The van der Waals surface area contributed by atoms with Gasteiger partial charge in [0.2, 0.25) is 15.9 Å². The molecule has 0 unspecified atom stereocenters. The van der Waals surface area contributed by atoms with Crippen molar-refractivity contribution in [2.75, 3.05) is 32.0 Å². The SMILES string of the molecule is O=C(CNS(=O)(=O)CCc1ccccc1)N1CCO[C@H](c2ccccc2)C1. The molecule has 0 bridgehead atoms. The highest BCUT2D eigenvalue weighted by atomic mass is 32.2. The average Bonchev–Trinajstić information content (AvgIpc) is 2.72. The molecule has 0 aliphatic carbocycles. The summed E-state index contributed by atoms with van der Waals surface area (Å²) in [7, 11) is -3.51. The van der Waals surface area contributed by atoms with Crippen LogP contribution >= 0.6 is 0 Å². The van der Waals surface area contributed by atoms with Crippen LogP contribution in [0.4, 0.5) is 0 Å². The number of rotatable bonds is 7. The maximum Gasteiger partial charge on any atom is 0.237 e. The summed E-state index contributed by atoms with van der Waals surface area (Å²) >= 11 is 0. The molecule has 3 rings (SSSR count). The van der Waals surface area contributed by atoms with E-state index in [1.165, 1.54) is 0 Å². The van der Waals surface area contributed by atoms with Crippen molar-refractivity contribution in [2.24, 2.45) is 0 Å². The first-order valence-electron chi connectivity index (χ1n) is 8.99. The van der Waals surface area contributed by atoms with E-state index >= 15 is 0 Å². The van der Waals surface area contributed by atoms with Crippen LogP contribution in [0.25, 0.3) is 0 Å². The van der Waals surface area contributed by atoms with Crippen molar-refractivity contribution in [3.8, 4) is 0 Å². The quantitative estimate of drug-likeness (QED) is 0.784. The maximum atomic E-state index is 12.4. The maximum absolute atomic E-state index is 12.4. The highest BCUT2D eigenvalue weighted by Crippen LogP contribution is 2.21. The van der Waals surface area contributed by atoms with Crippen molar-refractivity contribution < 1.29 is 17.9 Å². The molecule has 0 radical (unpaired) electrons. The summed E-state index contributed by atoms with van der Waals surface area (Å²) < 4.78 is 32.5. The number of amides is 1. The molecule has 1 N–H and O–H groups in total. The van der Waals surface area contributed by atoms with Gasteiger partial charge in [-0.3, -0.25) is 4.79 Å². The summed E-state index contributed by atoms with van der Waals surface area (Å²) in [5.74, 6) is -0.275. The van der Waals surface area contributed by atoms with E-state index in [1.807, 2.05) is 60.7 Å². The minimum absolute atomic E-state index is 0.0416. The van der Waals surface area contributed by atoms with Crippen LogP contribution in [-0.2, 0) is 26.0 Å². The molecule has 0 aromatic heterocycles. The molecule has 2 aromatic rings. The third kappa shape index (κ3) is 5.89. The molecule has 1 heterocycles. The van der Waals surface area contributed by atoms with Crippen molar-refractivity contribution in [1.29, 1.82) is 0 Å². The van der Waals surface area contributed by atoms with Crippen LogP contribution < -0.4 is 4.72 Å². The molecule has 1 saturated heterocycles. The Balaban J connectivity index is 1.49. The summed E-state index contributed by atoms with van der Waals surface area (Å²) in [6, 6.07) is 19.1. The predicted molar refractivity (Wildman–Crippen MR) is 104 cm³/mol. The van der Waals surface area contributed by atoms with Crippen LogP contribution in [0.5, 0.6) is 0 Å². The van der Waals surface area contributed by atoms with Crippen LogP contribution in [0, 0.1) is 0 Å². The van der Waals surface area contributed by atoms with Crippen LogP contribution in [0.1, 0.15) is 17.2 Å². The molecule has 144 valence electrons. The Hall–Kier alpha value is -2.22. The molecule has 1 amide bonds. The minimum atomic E-state index is -3.51. The molecule has 2 aromatic carbocycles. The van der Waals surface area contributed by atoms with E-state index in [4.69, 9.17) is 4.74 Å². The number of carbonyl (C=O) groups excluding carboxylic acids is 1. The summed E-state index contributed by atoms with van der Waals surface area (Å²) in [6.45, 7) is 1.10. The Morgan fingerprint density at radius 1 is 1.07 bits per heavy atom. The van der Waals surface area contributed by atoms with Crippen LogP contribution in [0.2, 0.25) is 0 Å². The van der Waals surface area contributed by atoms with Gasteiger partial charge in [0.15, 0.2) is 0 Å². The molecule has 0 spiro atoms. The third-order valence-electron chi connectivity index (χ3n) is 4.54. The van der Waals surface area contributed by atoms with E-state index in [9.17, 15) is 13.2 Å². The highest BCUT2D eigenvalue weighted by Gasteiger charge is 2.26. The lowest BCUT2D eigenvalue weighted by atomic mass is 10.1. The highest BCUT2D eigenvalue weighted by molar-refractivity contribution is 7.89. The Morgan fingerprint density at radius 2 is 1.74 bits per heavy atom. The number of nitrogens with zero attached hydrogens (tertiary/aromatic N) is 1. The topological polar surface area (TPSA) is 75.7 Å². The zero-order valence-electron chi connectivity index (χ0n) is 15.1. The minimum Gasteiger partial charge on any atom is -0.370 e. The molecule has 1 aliphatic heterocycles. The van der Waals surface area contributed by atoms with Crippen LogP contribution in [0.15, 0.2) is 60.7 Å². The van der Waals surface area contributed by atoms with Gasteiger partial charge in [-0.1, -0.05) is 60.7 Å². The first kappa shape index (κ1) is 19.5. The number of aryl methyl sites for hydroxylation is 1. The molecule has 27 heavy (non-hydrogen) atoms. The number of morpholine rings is 1. The van der Waals surface area contributed by atoms with Gasteiger partial charge >= 0.3 is 0 Å². The Morgan fingerprint density at radius 3 is 2.44 bits per heavy atom. The van der Waals surface area contributed by atoms with Crippen LogP contribution in [0.3, 0.4) is 0 Å². The first-order chi connectivity index (χ1) is 13.0. The second kappa shape index (κ2) is 9.12. The van der Waals surface area contributed by atoms with E-state index < -0.39 is 10.0 Å². The average molecular weight is 388 g/mol. The number of carbonyl (C=O) groups is 1. The van der Waals surface area contributed by atoms with Gasteiger partial charge < -0.3 is 9.64 Å². The lowest BCUT2D eigenvalue weighted by Crippen LogP contribution is -2.46. The van der Waals surface area contributed by atoms with E-state index in [0.717, 1.165) is 11.1 Å². The normalized spacial score (nSPS) is 17.6. The molecule has 1 fully saturated rings. The largest absolute Gasteiger partial charge is 0.370 e. The fourth-order valence-corrected chi connectivity index (χ4v) is 3.99. The number of hydrogen-bond acceptors (Lipinski definition) is 4. The van der Waals surface area contributed by atoms with Gasteiger partial charge in [-0.25, -0.2) is 13.1 Å². The van der Waals surface area contributed by atoms with E-state index in [-0.39, 0.29) is 24.3 Å². The fourth-order valence-electron chi connectivity index (χ4n) is 3.00. The van der Waals surface area contributed by atoms with E-state index in [2.05, 4.69) is 4.72 Å². The van der Waals surface area contributed by atoms with Crippen molar-refractivity contribution in [1.82, 2.24) is 9.62 Å². The first-order valence-corrected chi connectivity index (χ1v) is 10.6. The van der Waals surface area contributed by atoms with E-state index in [0.29, 0.717) is 26.1 Å². The number of ether oxygens (including phenoxy) is 1. The van der Waals surface area contributed by atoms with Gasteiger partial charge in [0, 0.05) is 6.54 Å². The van der Waals surface area contributed by atoms with Crippen molar-refractivity contribution in [2.45, 2.75) is 12.5 Å². The number of hydrogen-bond donors (Lipinski definition) is 1. The molecule has 6 nitrogen and oxygen atoms in total. The summed E-state index contributed by atoms with van der Waals surface area (Å²) in [6.07, 6.45) is 0.233. The molecule has 7 heteroatoms. The van der Waals surface area contributed by atoms with Crippen molar-refractivity contribution >= 4 is 15.9 Å². The van der Waals surface area contributed by atoms with Gasteiger partial charge in [-0.15, -0.1) is 0 Å². The van der Waals surface area contributed by atoms with E-state index in [1.54, 1.807) is 4.90 Å². The fraction of sp³-hybridized carbons (Fsp3) is 0.350. The van der Waals surface area contributed by atoms with Crippen molar-refractivity contribution in [3.05, 3.63) is 71.8 Å². The standard InChI is InChI=1S/C20H24N2O4S/c23-20(15-21-27(24,25)14-11-17-7-3-1-4-8-17)22-12-13-26-19(16-22)18-9-5-2-6-10-18/h1-10,19,21H,11-16H2/t19-/m0/s1. The summed E-state index contributed by atoms with van der Waals surface area (Å²) in [5.41, 5.74) is 1.96. The smallest absolute Gasteiger partial charge is 0.237 e. The number of nitrogens with one attached hydrogen (secondary N) is 1. The lowest BCUT2D eigenvalue weighted by Gasteiger charge is -2.33. The molecule has 0 saturated carbocycles. The third-order valence-corrected chi connectivity index (χ3v) is 5.86. The number of benzene rings is 2.